The second-order valence-electron chi connectivity index (χ2n) is 5.10. The molecule has 0 bridgehead atoms. The number of hydrogen-bond acceptors (Lipinski definition) is 1. The molecule has 0 saturated carbocycles. The van der Waals surface area contributed by atoms with Crippen LogP contribution in [0.5, 0.6) is 0 Å². The number of benzene rings is 2. The van der Waals surface area contributed by atoms with Gasteiger partial charge in [0.2, 0.25) is 0 Å². The Morgan fingerprint density at radius 2 is 1.47 bits per heavy atom. The van der Waals surface area contributed by atoms with Crippen LogP contribution in [0.3, 0.4) is 0 Å². The molecule has 100 valence electrons. The fourth-order valence-corrected chi connectivity index (χ4v) is 2.51. The summed E-state index contributed by atoms with van der Waals surface area (Å²) in [6.07, 6.45) is -0.917. The Hall–Kier alpha value is -1.67. The smallest absolute Gasteiger partial charge is 0.129 e. The molecular weight excluding hydrogens is 239 g/mol. The van der Waals surface area contributed by atoms with Gasteiger partial charge in [0, 0.05) is 5.56 Å². The minimum Gasteiger partial charge on any atom is -0.384 e. The fourth-order valence-electron chi connectivity index (χ4n) is 2.51. The van der Waals surface area contributed by atoms with Crippen LogP contribution in [0.2, 0.25) is 0 Å². The van der Waals surface area contributed by atoms with E-state index in [1.165, 1.54) is 6.07 Å². The quantitative estimate of drug-likeness (QED) is 0.858. The monoisotopic (exact) mass is 258 g/mol. The van der Waals surface area contributed by atoms with Gasteiger partial charge >= 0.3 is 0 Å². The molecule has 0 aliphatic heterocycles. The van der Waals surface area contributed by atoms with Crippen molar-refractivity contribution in [3.8, 4) is 0 Å². The van der Waals surface area contributed by atoms with Crippen LogP contribution < -0.4 is 0 Å². The van der Waals surface area contributed by atoms with Gasteiger partial charge in [0.25, 0.3) is 0 Å². The second kappa shape index (κ2) is 5.14. The predicted molar refractivity (Wildman–Crippen MR) is 75.9 cm³/mol. The molecule has 0 aromatic heterocycles. The van der Waals surface area contributed by atoms with Gasteiger partial charge in [0.15, 0.2) is 0 Å². The summed E-state index contributed by atoms with van der Waals surface area (Å²) in [7, 11) is 0. The minimum atomic E-state index is -0.917. The fraction of sp³-hybridized carbons (Fsp3) is 0.294. The average Bonchev–Trinajstić information content (AvgIpc) is 2.37. The zero-order valence-electron chi connectivity index (χ0n) is 11.8. The van der Waals surface area contributed by atoms with Crippen LogP contribution in [-0.2, 0) is 0 Å². The summed E-state index contributed by atoms with van der Waals surface area (Å²) in [4.78, 5) is 0. The summed E-state index contributed by atoms with van der Waals surface area (Å²) in [5, 5.41) is 10.5. The zero-order chi connectivity index (χ0) is 14.2. The molecule has 2 aromatic rings. The van der Waals surface area contributed by atoms with E-state index in [9.17, 15) is 9.50 Å². The number of aliphatic hydroxyl groups excluding tert-OH is 1. The van der Waals surface area contributed by atoms with E-state index in [4.69, 9.17) is 0 Å². The van der Waals surface area contributed by atoms with Crippen molar-refractivity contribution in [1.29, 1.82) is 0 Å². The van der Waals surface area contributed by atoms with Gasteiger partial charge in [-0.3, -0.25) is 0 Å². The van der Waals surface area contributed by atoms with Gasteiger partial charge in [0.05, 0.1) is 0 Å². The Kier molecular flexibility index (Phi) is 3.72. The minimum absolute atomic E-state index is 0.332. The third-order valence-electron chi connectivity index (χ3n) is 3.90. The summed E-state index contributed by atoms with van der Waals surface area (Å²) in [5.74, 6) is -0.368. The van der Waals surface area contributed by atoms with E-state index in [-0.39, 0.29) is 5.82 Å². The van der Waals surface area contributed by atoms with Crippen LogP contribution in [0.1, 0.15) is 39.5 Å². The Balaban J connectivity index is 2.63. The van der Waals surface area contributed by atoms with Crippen LogP contribution in [0, 0.1) is 33.5 Å². The Morgan fingerprint density at radius 1 is 0.947 bits per heavy atom. The van der Waals surface area contributed by atoms with Gasteiger partial charge in [-0.2, -0.15) is 0 Å². The van der Waals surface area contributed by atoms with Crippen molar-refractivity contribution in [2.24, 2.45) is 0 Å². The molecule has 2 rings (SSSR count). The molecule has 2 heteroatoms. The molecule has 0 saturated heterocycles. The van der Waals surface area contributed by atoms with Gasteiger partial charge in [-0.25, -0.2) is 4.39 Å². The molecule has 1 atom stereocenters. The molecule has 0 aliphatic carbocycles. The standard InChI is InChI=1S/C17H19FO/c1-10-9-11(2)13(4)16(12(10)3)17(19)14-7-5-6-8-15(14)18/h5-9,17,19H,1-4H3. The second-order valence-corrected chi connectivity index (χ2v) is 5.10. The first-order valence-corrected chi connectivity index (χ1v) is 6.43. The van der Waals surface area contributed by atoms with Crippen molar-refractivity contribution in [1.82, 2.24) is 0 Å². The summed E-state index contributed by atoms with van der Waals surface area (Å²) in [6, 6.07) is 8.49. The summed E-state index contributed by atoms with van der Waals surface area (Å²) >= 11 is 0. The third-order valence-corrected chi connectivity index (χ3v) is 3.90. The van der Waals surface area contributed by atoms with Crippen LogP contribution >= 0.6 is 0 Å². The first-order chi connectivity index (χ1) is 8.93. The van der Waals surface area contributed by atoms with E-state index in [2.05, 4.69) is 6.07 Å². The molecule has 0 spiro atoms. The van der Waals surface area contributed by atoms with Crippen LogP contribution in [0.15, 0.2) is 30.3 Å². The van der Waals surface area contributed by atoms with Gasteiger partial charge in [-0.15, -0.1) is 0 Å². The van der Waals surface area contributed by atoms with Gasteiger partial charge in [-0.1, -0.05) is 24.3 Å². The van der Waals surface area contributed by atoms with Crippen molar-refractivity contribution >= 4 is 0 Å². The molecule has 1 nitrogen and oxygen atoms in total. The molecule has 1 N–H and O–H groups in total. The van der Waals surface area contributed by atoms with E-state index in [1.54, 1.807) is 18.2 Å². The number of hydrogen-bond donors (Lipinski definition) is 1. The lowest BCUT2D eigenvalue weighted by atomic mass is 9.88. The number of aliphatic hydroxyl groups is 1. The molecule has 0 amide bonds. The van der Waals surface area contributed by atoms with E-state index < -0.39 is 6.10 Å². The molecular formula is C17H19FO. The largest absolute Gasteiger partial charge is 0.384 e. The first-order valence-electron chi connectivity index (χ1n) is 6.43. The normalized spacial score (nSPS) is 12.5. The Bertz CT molecular complexity index is 591. The molecule has 0 fully saturated rings. The maximum Gasteiger partial charge on any atom is 0.129 e. The highest BCUT2D eigenvalue weighted by Gasteiger charge is 2.20. The maximum atomic E-state index is 13.8. The predicted octanol–water partition coefficient (Wildman–Crippen LogP) is 4.14. The van der Waals surface area contributed by atoms with Crippen molar-refractivity contribution in [3.63, 3.8) is 0 Å². The number of halogens is 1. The van der Waals surface area contributed by atoms with Crippen molar-refractivity contribution in [2.45, 2.75) is 33.8 Å². The highest BCUT2D eigenvalue weighted by molar-refractivity contribution is 5.48. The van der Waals surface area contributed by atoms with E-state index in [0.29, 0.717) is 5.56 Å². The molecule has 0 radical (unpaired) electrons. The highest BCUT2D eigenvalue weighted by atomic mass is 19.1. The van der Waals surface area contributed by atoms with E-state index in [0.717, 1.165) is 27.8 Å². The number of aryl methyl sites for hydroxylation is 2. The zero-order valence-corrected chi connectivity index (χ0v) is 11.8. The first kappa shape index (κ1) is 13.8. The Labute approximate surface area is 113 Å². The number of rotatable bonds is 2. The van der Waals surface area contributed by atoms with Crippen molar-refractivity contribution in [2.75, 3.05) is 0 Å². The van der Waals surface area contributed by atoms with Crippen LogP contribution in [0.25, 0.3) is 0 Å². The van der Waals surface area contributed by atoms with Gasteiger partial charge < -0.3 is 5.11 Å². The third kappa shape index (κ3) is 2.41. The van der Waals surface area contributed by atoms with Crippen molar-refractivity contribution in [3.05, 3.63) is 69.5 Å². The van der Waals surface area contributed by atoms with Crippen LogP contribution in [0.4, 0.5) is 4.39 Å². The highest BCUT2D eigenvalue weighted by Crippen LogP contribution is 2.32. The summed E-state index contributed by atoms with van der Waals surface area (Å²) in [6.45, 7) is 7.97. The lowest BCUT2D eigenvalue weighted by Gasteiger charge is -2.20. The summed E-state index contributed by atoms with van der Waals surface area (Å²) in [5.41, 5.74) is 5.45. The topological polar surface area (TPSA) is 20.2 Å². The van der Waals surface area contributed by atoms with Crippen molar-refractivity contribution < 1.29 is 9.50 Å². The molecule has 1 unspecified atom stereocenters. The average molecular weight is 258 g/mol. The van der Waals surface area contributed by atoms with Gasteiger partial charge in [-0.05, 0) is 61.6 Å². The lowest BCUT2D eigenvalue weighted by Crippen LogP contribution is -2.09. The molecule has 0 heterocycles. The van der Waals surface area contributed by atoms with E-state index >= 15 is 0 Å². The Morgan fingerprint density at radius 3 is 2.00 bits per heavy atom. The van der Waals surface area contributed by atoms with Crippen LogP contribution in [-0.4, -0.2) is 5.11 Å². The molecule has 19 heavy (non-hydrogen) atoms. The SMILES string of the molecule is Cc1cc(C)c(C)c(C(O)c2ccccc2F)c1C. The summed E-state index contributed by atoms with van der Waals surface area (Å²) < 4.78 is 13.8. The molecule has 0 aliphatic rings. The van der Waals surface area contributed by atoms with E-state index in [1.807, 2.05) is 27.7 Å². The molecule has 2 aromatic carbocycles. The lowest BCUT2D eigenvalue weighted by molar-refractivity contribution is 0.213. The van der Waals surface area contributed by atoms with Gasteiger partial charge in [0.1, 0.15) is 11.9 Å². The maximum absolute atomic E-state index is 13.8.